The van der Waals surface area contributed by atoms with E-state index in [0.717, 1.165) is 0 Å². The van der Waals surface area contributed by atoms with Crippen molar-refractivity contribution in [1.29, 1.82) is 0 Å². The molecule has 0 bridgehead atoms. The van der Waals surface area contributed by atoms with Crippen molar-refractivity contribution in [2.24, 2.45) is 0 Å². The average molecular weight is 380 g/mol. The third kappa shape index (κ3) is 7.13. The lowest BCUT2D eigenvalue weighted by atomic mass is 10.1. The monoisotopic (exact) mass is 380 g/mol. The van der Waals surface area contributed by atoms with Crippen LogP contribution < -0.4 is 0 Å². The van der Waals surface area contributed by atoms with Crippen LogP contribution in [-0.4, -0.2) is 30.3 Å². The van der Waals surface area contributed by atoms with Crippen molar-refractivity contribution in [1.82, 2.24) is 0 Å². The van der Waals surface area contributed by atoms with Gasteiger partial charge in [-0.25, -0.2) is 9.59 Å². The zero-order chi connectivity index (χ0) is 19.9. The number of halogens is 3. The second kappa shape index (κ2) is 9.21. The van der Waals surface area contributed by atoms with Crippen LogP contribution in [0, 0.1) is 0 Å². The van der Waals surface area contributed by atoms with Gasteiger partial charge in [0, 0.05) is 6.42 Å². The molecule has 7 heteroatoms. The Balaban J connectivity index is 2.01. The SMILES string of the molecule is CC(CC(CC(F)(F)F)OC(=O)c1ccccc1)OC(=O)c1ccccc1. The van der Waals surface area contributed by atoms with Crippen LogP contribution in [-0.2, 0) is 9.47 Å². The third-order valence-electron chi connectivity index (χ3n) is 3.65. The molecule has 27 heavy (non-hydrogen) atoms. The van der Waals surface area contributed by atoms with E-state index in [1.54, 1.807) is 36.4 Å². The fourth-order valence-electron chi connectivity index (χ4n) is 2.47. The summed E-state index contributed by atoms with van der Waals surface area (Å²) in [4.78, 5) is 24.1. The summed E-state index contributed by atoms with van der Waals surface area (Å²) in [7, 11) is 0. The molecule has 0 fully saturated rings. The minimum Gasteiger partial charge on any atom is -0.459 e. The molecule has 0 aromatic heterocycles. The highest BCUT2D eigenvalue weighted by molar-refractivity contribution is 5.90. The lowest BCUT2D eigenvalue weighted by Gasteiger charge is -2.23. The molecule has 0 saturated carbocycles. The van der Waals surface area contributed by atoms with Gasteiger partial charge < -0.3 is 9.47 Å². The maximum atomic E-state index is 12.8. The molecular formula is C20H19F3O4. The Morgan fingerprint density at radius 1 is 0.852 bits per heavy atom. The molecule has 0 aliphatic rings. The van der Waals surface area contributed by atoms with Gasteiger partial charge in [0.15, 0.2) is 0 Å². The van der Waals surface area contributed by atoms with Crippen LogP contribution in [0.15, 0.2) is 60.7 Å². The van der Waals surface area contributed by atoms with E-state index in [1.165, 1.54) is 31.2 Å². The fraction of sp³-hybridized carbons (Fsp3) is 0.300. The molecule has 0 radical (unpaired) electrons. The highest BCUT2D eigenvalue weighted by Crippen LogP contribution is 2.26. The zero-order valence-electron chi connectivity index (χ0n) is 14.6. The molecule has 2 rings (SSSR count). The van der Waals surface area contributed by atoms with Crippen molar-refractivity contribution in [3.05, 3.63) is 71.8 Å². The Bertz CT molecular complexity index is 745. The van der Waals surface area contributed by atoms with Crippen molar-refractivity contribution < 1.29 is 32.2 Å². The molecule has 4 nitrogen and oxygen atoms in total. The number of alkyl halides is 3. The van der Waals surface area contributed by atoms with Gasteiger partial charge in [0.1, 0.15) is 12.2 Å². The van der Waals surface area contributed by atoms with Crippen molar-refractivity contribution in [3.8, 4) is 0 Å². The van der Waals surface area contributed by atoms with Gasteiger partial charge in [-0.2, -0.15) is 13.2 Å². The normalized spacial score (nSPS) is 13.5. The van der Waals surface area contributed by atoms with E-state index in [2.05, 4.69) is 0 Å². The summed E-state index contributed by atoms with van der Waals surface area (Å²) >= 11 is 0. The highest BCUT2D eigenvalue weighted by Gasteiger charge is 2.35. The highest BCUT2D eigenvalue weighted by atomic mass is 19.4. The first-order valence-electron chi connectivity index (χ1n) is 8.33. The van der Waals surface area contributed by atoms with Crippen LogP contribution in [0.25, 0.3) is 0 Å². The first-order valence-corrected chi connectivity index (χ1v) is 8.33. The van der Waals surface area contributed by atoms with Gasteiger partial charge in [-0.15, -0.1) is 0 Å². The van der Waals surface area contributed by atoms with Gasteiger partial charge in [0.25, 0.3) is 0 Å². The minimum absolute atomic E-state index is 0.151. The van der Waals surface area contributed by atoms with Crippen LogP contribution in [0.5, 0.6) is 0 Å². The molecular weight excluding hydrogens is 361 g/mol. The van der Waals surface area contributed by atoms with E-state index in [9.17, 15) is 22.8 Å². The summed E-state index contributed by atoms with van der Waals surface area (Å²) in [6.07, 6.45) is -8.44. The predicted octanol–water partition coefficient (Wildman–Crippen LogP) is 4.80. The second-order valence-corrected chi connectivity index (χ2v) is 6.03. The van der Waals surface area contributed by atoms with E-state index in [1.807, 2.05) is 0 Å². The van der Waals surface area contributed by atoms with Crippen molar-refractivity contribution in [3.63, 3.8) is 0 Å². The van der Waals surface area contributed by atoms with Gasteiger partial charge in [-0.05, 0) is 31.2 Å². The standard InChI is InChI=1S/C20H19F3O4/c1-14(26-18(24)15-8-4-2-5-9-15)12-17(13-20(21,22)23)27-19(25)16-10-6-3-7-11-16/h2-11,14,17H,12-13H2,1H3. The van der Waals surface area contributed by atoms with Crippen LogP contribution >= 0.6 is 0 Å². The summed E-state index contributed by atoms with van der Waals surface area (Å²) in [5.41, 5.74) is 0.441. The number of esters is 2. The Morgan fingerprint density at radius 3 is 1.74 bits per heavy atom. The molecule has 144 valence electrons. The van der Waals surface area contributed by atoms with Crippen LogP contribution in [0.4, 0.5) is 13.2 Å². The lowest BCUT2D eigenvalue weighted by Crippen LogP contribution is -2.30. The molecule has 2 atom stereocenters. The summed E-state index contributed by atoms with van der Waals surface area (Å²) < 4.78 is 48.7. The summed E-state index contributed by atoms with van der Waals surface area (Å²) in [6.45, 7) is 1.46. The van der Waals surface area contributed by atoms with Gasteiger partial charge in [0.05, 0.1) is 17.5 Å². The molecule has 0 aliphatic carbocycles. The Labute approximate surface area is 154 Å². The maximum Gasteiger partial charge on any atom is 0.392 e. The van der Waals surface area contributed by atoms with Gasteiger partial charge >= 0.3 is 18.1 Å². The number of hydrogen-bond donors (Lipinski definition) is 0. The van der Waals surface area contributed by atoms with E-state index in [4.69, 9.17) is 9.47 Å². The molecule has 0 spiro atoms. The Hall–Kier alpha value is -2.83. The van der Waals surface area contributed by atoms with Gasteiger partial charge in [-0.1, -0.05) is 36.4 Å². The smallest absolute Gasteiger partial charge is 0.392 e. The molecule has 0 heterocycles. The predicted molar refractivity (Wildman–Crippen MR) is 92.3 cm³/mol. The molecule has 2 unspecified atom stereocenters. The summed E-state index contributed by atoms with van der Waals surface area (Å²) in [6, 6.07) is 15.8. The molecule has 2 aromatic rings. The average Bonchev–Trinajstić information content (AvgIpc) is 2.61. The van der Waals surface area contributed by atoms with E-state index in [-0.39, 0.29) is 17.5 Å². The number of ether oxygens (including phenoxy) is 2. The fourth-order valence-corrected chi connectivity index (χ4v) is 2.47. The molecule has 0 amide bonds. The van der Waals surface area contributed by atoms with Crippen LogP contribution in [0.2, 0.25) is 0 Å². The van der Waals surface area contributed by atoms with Crippen LogP contribution in [0.3, 0.4) is 0 Å². The number of carbonyl (C=O) groups is 2. The van der Waals surface area contributed by atoms with E-state index < -0.39 is 36.7 Å². The van der Waals surface area contributed by atoms with Gasteiger partial charge in [-0.3, -0.25) is 0 Å². The van der Waals surface area contributed by atoms with E-state index in [0.29, 0.717) is 0 Å². The third-order valence-corrected chi connectivity index (χ3v) is 3.65. The van der Waals surface area contributed by atoms with Gasteiger partial charge in [0.2, 0.25) is 0 Å². The Morgan fingerprint density at radius 2 is 1.30 bits per heavy atom. The molecule has 0 N–H and O–H groups in total. The van der Waals surface area contributed by atoms with Crippen molar-refractivity contribution in [2.45, 2.75) is 38.1 Å². The summed E-state index contributed by atoms with van der Waals surface area (Å²) in [5.74, 6) is -1.50. The Kier molecular flexibility index (Phi) is 6.98. The number of rotatable bonds is 7. The number of benzene rings is 2. The number of hydrogen-bond acceptors (Lipinski definition) is 4. The first-order chi connectivity index (χ1) is 12.7. The zero-order valence-corrected chi connectivity index (χ0v) is 14.6. The lowest BCUT2D eigenvalue weighted by molar-refractivity contribution is -0.156. The molecule has 2 aromatic carbocycles. The first kappa shape index (κ1) is 20.5. The quantitative estimate of drug-likeness (QED) is 0.648. The molecule has 0 aliphatic heterocycles. The van der Waals surface area contributed by atoms with Crippen molar-refractivity contribution in [2.75, 3.05) is 0 Å². The topological polar surface area (TPSA) is 52.6 Å². The van der Waals surface area contributed by atoms with Crippen molar-refractivity contribution >= 4 is 11.9 Å². The second-order valence-electron chi connectivity index (χ2n) is 6.03. The molecule has 0 saturated heterocycles. The van der Waals surface area contributed by atoms with E-state index >= 15 is 0 Å². The van der Waals surface area contributed by atoms with Crippen LogP contribution in [0.1, 0.15) is 40.5 Å². The minimum atomic E-state index is -4.52. The summed E-state index contributed by atoms with van der Waals surface area (Å²) in [5, 5.41) is 0. The largest absolute Gasteiger partial charge is 0.459 e. The maximum absolute atomic E-state index is 12.8. The number of carbonyl (C=O) groups excluding carboxylic acids is 2.